The van der Waals surface area contributed by atoms with Crippen molar-refractivity contribution in [2.75, 3.05) is 50.1 Å². The Morgan fingerprint density at radius 2 is 1.85 bits per heavy atom. The number of piperazine rings is 1. The molecule has 2 aromatic rings. The molecule has 138 valence electrons. The van der Waals surface area contributed by atoms with Gasteiger partial charge in [-0.15, -0.1) is 0 Å². The molecule has 1 aromatic carbocycles. The maximum atomic E-state index is 12.7. The van der Waals surface area contributed by atoms with E-state index in [4.69, 9.17) is 4.74 Å². The summed E-state index contributed by atoms with van der Waals surface area (Å²) in [7, 11) is 1.67. The second-order valence-electron chi connectivity index (χ2n) is 6.34. The number of pyridine rings is 1. The lowest BCUT2D eigenvalue weighted by atomic mass is 10.2. The number of carbonyl (C=O) groups excluding carboxylic acids is 1. The van der Waals surface area contributed by atoms with E-state index in [9.17, 15) is 4.79 Å². The van der Waals surface area contributed by atoms with Crippen LogP contribution in [0.1, 0.15) is 23.7 Å². The molecule has 1 aromatic heterocycles. The number of anilines is 2. The van der Waals surface area contributed by atoms with Crippen molar-refractivity contribution >= 4 is 17.4 Å². The molecular formula is C20H26N4O2. The first kappa shape index (κ1) is 18.0. The molecule has 0 aliphatic carbocycles. The zero-order valence-corrected chi connectivity index (χ0v) is 15.4. The molecule has 1 aliphatic heterocycles. The first-order valence-electron chi connectivity index (χ1n) is 9.09. The lowest BCUT2D eigenvalue weighted by molar-refractivity contribution is 0.0746. The van der Waals surface area contributed by atoms with Crippen LogP contribution in [0.15, 0.2) is 42.6 Å². The molecule has 1 amide bonds. The van der Waals surface area contributed by atoms with Crippen molar-refractivity contribution in [3.05, 3.63) is 48.2 Å². The number of rotatable bonds is 6. The van der Waals surface area contributed by atoms with E-state index in [0.717, 1.165) is 43.3 Å². The second-order valence-corrected chi connectivity index (χ2v) is 6.34. The van der Waals surface area contributed by atoms with E-state index in [1.165, 1.54) is 0 Å². The molecule has 1 fully saturated rings. The summed E-state index contributed by atoms with van der Waals surface area (Å²) in [5.74, 6) is 1.72. The number of aromatic nitrogens is 1. The molecule has 0 saturated carbocycles. The van der Waals surface area contributed by atoms with Gasteiger partial charge in [0, 0.05) is 44.6 Å². The quantitative estimate of drug-likeness (QED) is 0.864. The van der Waals surface area contributed by atoms with Crippen molar-refractivity contribution in [2.45, 2.75) is 13.3 Å². The Kier molecular flexibility index (Phi) is 5.94. The average Bonchev–Trinajstić information content (AvgIpc) is 2.72. The fraction of sp³-hybridized carbons (Fsp3) is 0.400. The number of nitrogens with zero attached hydrogens (tertiary/aromatic N) is 3. The molecule has 0 unspecified atom stereocenters. The number of benzene rings is 1. The highest BCUT2D eigenvalue weighted by atomic mass is 16.5. The van der Waals surface area contributed by atoms with Gasteiger partial charge in [0.05, 0.1) is 12.7 Å². The van der Waals surface area contributed by atoms with E-state index in [1.807, 2.05) is 29.2 Å². The third-order valence-corrected chi connectivity index (χ3v) is 4.57. The van der Waals surface area contributed by atoms with Crippen molar-refractivity contribution in [3.63, 3.8) is 0 Å². The molecule has 1 saturated heterocycles. The van der Waals surface area contributed by atoms with Gasteiger partial charge >= 0.3 is 0 Å². The number of nitrogens with one attached hydrogen (secondary N) is 1. The predicted molar refractivity (Wildman–Crippen MR) is 104 cm³/mol. The zero-order chi connectivity index (χ0) is 18.4. The number of hydrogen-bond donors (Lipinski definition) is 1. The maximum absolute atomic E-state index is 12.7. The van der Waals surface area contributed by atoms with Gasteiger partial charge in [0.25, 0.3) is 5.91 Å². The third-order valence-electron chi connectivity index (χ3n) is 4.57. The van der Waals surface area contributed by atoms with Crippen LogP contribution in [-0.2, 0) is 0 Å². The summed E-state index contributed by atoms with van der Waals surface area (Å²) < 4.78 is 5.20. The lowest BCUT2D eigenvalue weighted by Gasteiger charge is -2.36. The van der Waals surface area contributed by atoms with Crippen molar-refractivity contribution in [1.82, 2.24) is 9.88 Å². The largest absolute Gasteiger partial charge is 0.497 e. The van der Waals surface area contributed by atoms with Crippen LogP contribution in [0.5, 0.6) is 5.75 Å². The van der Waals surface area contributed by atoms with Crippen LogP contribution >= 0.6 is 0 Å². The summed E-state index contributed by atoms with van der Waals surface area (Å²) in [6.45, 7) is 6.05. The molecule has 26 heavy (non-hydrogen) atoms. The summed E-state index contributed by atoms with van der Waals surface area (Å²) in [4.78, 5) is 21.2. The first-order chi connectivity index (χ1) is 12.7. The van der Waals surface area contributed by atoms with Crippen LogP contribution in [0.4, 0.5) is 11.5 Å². The Hall–Kier alpha value is -2.76. The minimum Gasteiger partial charge on any atom is -0.497 e. The first-order valence-corrected chi connectivity index (χ1v) is 9.09. The number of amides is 1. The van der Waals surface area contributed by atoms with E-state index in [2.05, 4.69) is 34.3 Å². The molecule has 2 heterocycles. The fourth-order valence-corrected chi connectivity index (χ4v) is 3.02. The van der Waals surface area contributed by atoms with Gasteiger partial charge in [-0.05, 0) is 42.8 Å². The smallest absolute Gasteiger partial charge is 0.255 e. The number of methoxy groups -OCH3 is 1. The van der Waals surface area contributed by atoms with Crippen LogP contribution in [0, 0.1) is 0 Å². The highest BCUT2D eigenvalue weighted by Gasteiger charge is 2.22. The third kappa shape index (κ3) is 4.25. The maximum Gasteiger partial charge on any atom is 0.255 e. The van der Waals surface area contributed by atoms with Crippen LogP contribution in [0.2, 0.25) is 0 Å². The molecule has 0 spiro atoms. The standard InChI is InChI=1S/C20H26N4O2/c1-3-10-21-19-9-4-16(15-22-19)20(25)24-13-11-23(12-14-24)17-5-7-18(26-2)8-6-17/h4-9,15H,3,10-14H2,1-2H3,(H,21,22). The monoisotopic (exact) mass is 354 g/mol. The Bertz CT molecular complexity index is 708. The van der Waals surface area contributed by atoms with Crippen molar-refractivity contribution in [2.24, 2.45) is 0 Å². The predicted octanol–water partition coefficient (Wildman–Crippen LogP) is 2.87. The highest BCUT2D eigenvalue weighted by molar-refractivity contribution is 5.94. The van der Waals surface area contributed by atoms with Crippen molar-refractivity contribution in [1.29, 1.82) is 0 Å². The van der Waals surface area contributed by atoms with Crippen LogP contribution < -0.4 is 15.0 Å². The minimum absolute atomic E-state index is 0.0499. The van der Waals surface area contributed by atoms with Gasteiger partial charge in [-0.1, -0.05) is 6.92 Å². The summed E-state index contributed by atoms with van der Waals surface area (Å²) in [6.07, 6.45) is 2.71. The van der Waals surface area contributed by atoms with E-state index in [-0.39, 0.29) is 5.91 Å². The molecule has 6 nitrogen and oxygen atoms in total. The van der Waals surface area contributed by atoms with E-state index in [1.54, 1.807) is 13.3 Å². The molecule has 0 atom stereocenters. The molecule has 0 bridgehead atoms. The lowest BCUT2D eigenvalue weighted by Crippen LogP contribution is -2.48. The number of ether oxygens (including phenoxy) is 1. The van der Waals surface area contributed by atoms with Crippen LogP contribution in [0.25, 0.3) is 0 Å². The van der Waals surface area contributed by atoms with Gasteiger partial charge in [-0.3, -0.25) is 4.79 Å². The Morgan fingerprint density at radius 1 is 1.12 bits per heavy atom. The number of hydrogen-bond acceptors (Lipinski definition) is 5. The summed E-state index contributed by atoms with van der Waals surface area (Å²) >= 11 is 0. The Labute approximate surface area is 154 Å². The van der Waals surface area contributed by atoms with E-state index >= 15 is 0 Å². The SMILES string of the molecule is CCCNc1ccc(C(=O)N2CCN(c3ccc(OC)cc3)CC2)cn1. The van der Waals surface area contributed by atoms with Gasteiger partial charge in [0.1, 0.15) is 11.6 Å². The molecule has 3 rings (SSSR count). The van der Waals surface area contributed by atoms with Gasteiger partial charge < -0.3 is 19.9 Å². The average molecular weight is 354 g/mol. The molecule has 1 aliphatic rings. The minimum atomic E-state index is 0.0499. The van der Waals surface area contributed by atoms with Crippen molar-refractivity contribution < 1.29 is 9.53 Å². The Morgan fingerprint density at radius 3 is 2.42 bits per heavy atom. The normalized spacial score (nSPS) is 14.2. The van der Waals surface area contributed by atoms with Crippen molar-refractivity contribution in [3.8, 4) is 5.75 Å². The van der Waals surface area contributed by atoms with E-state index < -0.39 is 0 Å². The van der Waals surface area contributed by atoms with Gasteiger partial charge in [0.15, 0.2) is 0 Å². The topological polar surface area (TPSA) is 57.7 Å². The molecule has 1 N–H and O–H groups in total. The Balaban J connectivity index is 1.55. The fourth-order valence-electron chi connectivity index (χ4n) is 3.02. The molecule has 6 heteroatoms. The summed E-state index contributed by atoms with van der Waals surface area (Å²) in [5, 5.41) is 3.22. The summed E-state index contributed by atoms with van der Waals surface area (Å²) in [6, 6.07) is 11.8. The zero-order valence-electron chi connectivity index (χ0n) is 15.4. The second kappa shape index (κ2) is 8.56. The molecular weight excluding hydrogens is 328 g/mol. The highest BCUT2D eigenvalue weighted by Crippen LogP contribution is 2.21. The summed E-state index contributed by atoms with van der Waals surface area (Å²) in [5.41, 5.74) is 1.80. The van der Waals surface area contributed by atoms with E-state index in [0.29, 0.717) is 18.7 Å². The molecule has 0 radical (unpaired) electrons. The van der Waals surface area contributed by atoms with Gasteiger partial charge in [0.2, 0.25) is 0 Å². The van der Waals surface area contributed by atoms with Crippen LogP contribution in [-0.4, -0.2) is 55.6 Å². The van der Waals surface area contributed by atoms with Gasteiger partial charge in [-0.25, -0.2) is 4.98 Å². The number of carbonyl (C=O) groups is 1. The van der Waals surface area contributed by atoms with Gasteiger partial charge in [-0.2, -0.15) is 0 Å². The van der Waals surface area contributed by atoms with Crippen LogP contribution in [0.3, 0.4) is 0 Å².